The number of benzene rings is 2. The van der Waals surface area contributed by atoms with Gasteiger partial charge in [0.15, 0.2) is 0 Å². The summed E-state index contributed by atoms with van der Waals surface area (Å²) in [6.45, 7) is 0. The maximum atomic E-state index is 9.70. The van der Waals surface area contributed by atoms with Gasteiger partial charge in [-0.1, -0.05) is 42.5 Å². The Bertz CT molecular complexity index is 567. The van der Waals surface area contributed by atoms with Crippen molar-refractivity contribution in [2.24, 2.45) is 5.92 Å². The molecule has 1 fully saturated rings. The van der Waals surface area contributed by atoms with Gasteiger partial charge < -0.3 is 10.4 Å². The van der Waals surface area contributed by atoms with Crippen molar-refractivity contribution in [3.05, 3.63) is 48.0 Å². The summed E-state index contributed by atoms with van der Waals surface area (Å²) in [7, 11) is 2.05. The molecule has 1 aliphatic carbocycles. The molecular weight excluding hydrogens is 246 g/mol. The van der Waals surface area contributed by atoms with Gasteiger partial charge in [-0.2, -0.15) is 0 Å². The van der Waals surface area contributed by atoms with Crippen molar-refractivity contribution in [3.63, 3.8) is 0 Å². The Labute approximate surface area is 120 Å². The third kappa shape index (κ3) is 2.58. The Hall–Kier alpha value is -1.38. The molecule has 1 saturated carbocycles. The summed E-state index contributed by atoms with van der Waals surface area (Å²) < 4.78 is 0. The van der Waals surface area contributed by atoms with Crippen molar-refractivity contribution in [1.29, 1.82) is 0 Å². The van der Waals surface area contributed by atoms with E-state index in [0.29, 0.717) is 12.0 Å². The van der Waals surface area contributed by atoms with Crippen molar-refractivity contribution in [2.45, 2.75) is 37.8 Å². The summed E-state index contributed by atoms with van der Waals surface area (Å²) in [6.07, 6.45) is 4.00. The molecule has 20 heavy (non-hydrogen) atoms. The number of hydrogen-bond acceptors (Lipinski definition) is 2. The predicted molar refractivity (Wildman–Crippen MR) is 83.7 cm³/mol. The fourth-order valence-corrected chi connectivity index (χ4v) is 3.60. The van der Waals surface area contributed by atoms with Gasteiger partial charge in [0.25, 0.3) is 0 Å². The Morgan fingerprint density at radius 3 is 2.45 bits per heavy atom. The molecule has 1 unspecified atom stereocenters. The fraction of sp³-hybridized carbons (Fsp3) is 0.444. The Kier molecular flexibility index (Phi) is 4.04. The molecule has 1 atom stereocenters. The van der Waals surface area contributed by atoms with Crippen LogP contribution in [-0.4, -0.2) is 18.3 Å². The van der Waals surface area contributed by atoms with E-state index in [1.165, 1.54) is 16.3 Å². The van der Waals surface area contributed by atoms with E-state index in [1.54, 1.807) is 0 Å². The van der Waals surface area contributed by atoms with Crippen molar-refractivity contribution >= 4 is 10.8 Å². The first-order chi connectivity index (χ1) is 9.79. The minimum absolute atomic E-state index is 0.0868. The van der Waals surface area contributed by atoms with Crippen LogP contribution in [0.15, 0.2) is 42.5 Å². The van der Waals surface area contributed by atoms with Crippen LogP contribution in [0, 0.1) is 5.92 Å². The summed E-state index contributed by atoms with van der Waals surface area (Å²) >= 11 is 0. The van der Waals surface area contributed by atoms with E-state index in [4.69, 9.17) is 0 Å². The molecule has 0 aromatic heterocycles. The van der Waals surface area contributed by atoms with Crippen LogP contribution in [0.25, 0.3) is 10.8 Å². The zero-order valence-electron chi connectivity index (χ0n) is 12.0. The molecule has 3 rings (SSSR count). The second-order valence-corrected chi connectivity index (χ2v) is 5.90. The first kappa shape index (κ1) is 13.6. The highest BCUT2D eigenvalue weighted by molar-refractivity contribution is 5.86. The van der Waals surface area contributed by atoms with Gasteiger partial charge in [0, 0.05) is 6.04 Å². The van der Waals surface area contributed by atoms with E-state index in [-0.39, 0.29) is 6.10 Å². The van der Waals surface area contributed by atoms with Crippen LogP contribution in [0.5, 0.6) is 0 Å². The van der Waals surface area contributed by atoms with E-state index >= 15 is 0 Å². The van der Waals surface area contributed by atoms with Crippen LogP contribution < -0.4 is 5.32 Å². The van der Waals surface area contributed by atoms with E-state index in [0.717, 1.165) is 25.7 Å². The van der Waals surface area contributed by atoms with Gasteiger partial charge in [-0.3, -0.25) is 0 Å². The molecule has 2 aromatic rings. The second-order valence-electron chi connectivity index (χ2n) is 5.90. The average Bonchev–Trinajstić information content (AvgIpc) is 2.50. The second kappa shape index (κ2) is 5.94. The van der Waals surface area contributed by atoms with Gasteiger partial charge in [0.05, 0.1) is 6.10 Å². The number of aliphatic hydroxyl groups is 1. The lowest BCUT2D eigenvalue weighted by molar-refractivity contribution is 0.0983. The minimum atomic E-state index is -0.0868. The van der Waals surface area contributed by atoms with Crippen molar-refractivity contribution < 1.29 is 5.11 Å². The zero-order valence-corrected chi connectivity index (χ0v) is 12.0. The predicted octanol–water partition coefficient (Wildman–Crippen LogP) is 3.65. The Balaban J connectivity index is 1.95. The lowest BCUT2D eigenvalue weighted by atomic mass is 9.79. The number of aliphatic hydroxyl groups excluding tert-OH is 1. The monoisotopic (exact) mass is 269 g/mol. The van der Waals surface area contributed by atoms with Crippen LogP contribution in [0.4, 0.5) is 0 Å². The van der Waals surface area contributed by atoms with Crippen LogP contribution in [-0.2, 0) is 0 Å². The summed E-state index contributed by atoms with van der Waals surface area (Å²) in [4.78, 5) is 0. The normalized spacial score (nSPS) is 24.7. The summed E-state index contributed by atoms with van der Waals surface area (Å²) in [6, 6.07) is 15.6. The first-order valence-corrected chi connectivity index (χ1v) is 7.62. The largest absolute Gasteiger partial charge is 0.393 e. The molecule has 1 aliphatic rings. The van der Waals surface area contributed by atoms with E-state index < -0.39 is 0 Å². The topological polar surface area (TPSA) is 32.3 Å². The number of rotatable bonds is 3. The molecule has 0 heterocycles. The van der Waals surface area contributed by atoms with Gasteiger partial charge >= 0.3 is 0 Å². The summed E-state index contributed by atoms with van der Waals surface area (Å²) in [5, 5.41) is 15.9. The highest BCUT2D eigenvalue weighted by Gasteiger charge is 2.27. The summed E-state index contributed by atoms with van der Waals surface area (Å²) in [5.41, 5.74) is 1.40. The van der Waals surface area contributed by atoms with Crippen LogP contribution in [0.3, 0.4) is 0 Å². The molecule has 0 amide bonds. The maximum Gasteiger partial charge on any atom is 0.0540 e. The lowest BCUT2D eigenvalue weighted by Gasteiger charge is -2.33. The molecule has 0 aliphatic heterocycles. The molecule has 0 radical (unpaired) electrons. The van der Waals surface area contributed by atoms with Gasteiger partial charge in [0.1, 0.15) is 0 Å². The summed E-state index contributed by atoms with van der Waals surface area (Å²) in [5.74, 6) is 0.620. The maximum absolute atomic E-state index is 9.70. The third-order valence-corrected chi connectivity index (χ3v) is 4.68. The Morgan fingerprint density at radius 1 is 1.00 bits per heavy atom. The third-order valence-electron chi connectivity index (χ3n) is 4.68. The average molecular weight is 269 g/mol. The van der Waals surface area contributed by atoms with Gasteiger partial charge in [-0.15, -0.1) is 0 Å². The SMILES string of the molecule is CNC(c1cccc2ccccc12)C1CCC(O)CC1. The van der Waals surface area contributed by atoms with Crippen LogP contribution >= 0.6 is 0 Å². The smallest absolute Gasteiger partial charge is 0.0540 e. The van der Waals surface area contributed by atoms with E-state index in [9.17, 15) is 5.11 Å². The number of nitrogens with one attached hydrogen (secondary N) is 1. The minimum Gasteiger partial charge on any atom is -0.393 e. The molecule has 0 spiro atoms. The van der Waals surface area contributed by atoms with E-state index in [2.05, 4.69) is 54.8 Å². The van der Waals surface area contributed by atoms with E-state index in [1.807, 2.05) is 0 Å². The molecule has 0 bridgehead atoms. The highest BCUT2D eigenvalue weighted by Crippen LogP contribution is 2.36. The van der Waals surface area contributed by atoms with Gasteiger partial charge in [-0.25, -0.2) is 0 Å². The standard InChI is InChI=1S/C18H23NO/c1-19-18(14-9-11-15(20)12-10-14)17-8-4-6-13-5-2-3-7-16(13)17/h2-8,14-15,18-20H,9-12H2,1H3. The number of hydrogen-bond donors (Lipinski definition) is 2. The molecule has 2 nitrogen and oxygen atoms in total. The zero-order chi connectivity index (χ0) is 13.9. The molecule has 106 valence electrons. The van der Waals surface area contributed by atoms with Crippen molar-refractivity contribution in [1.82, 2.24) is 5.32 Å². The molecule has 2 heteroatoms. The van der Waals surface area contributed by atoms with Crippen LogP contribution in [0.2, 0.25) is 0 Å². The number of fused-ring (bicyclic) bond motifs is 1. The molecule has 2 aromatic carbocycles. The van der Waals surface area contributed by atoms with Crippen molar-refractivity contribution in [2.75, 3.05) is 7.05 Å². The molecule has 0 saturated heterocycles. The Morgan fingerprint density at radius 2 is 1.70 bits per heavy atom. The van der Waals surface area contributed by atoms with Crippen molar-refractivity contribution in [3.8, 4) is 0 Å². The van der Waals surface area contributed by atoms with Gasteiger partial charge in [-0.05, 0) is 55.0 Å². The highest BCUT2D eigenvalue weighted by atomic mass is 16.3. The first-order valence-electron chi connectivity index (χ1n) is 7.62. The lowest BCUT2D eigenvalue weighted by Crippen LogP contribution is -2.30. The fourth-order valence-electron chi connectivity index (χ4n) is 3.60. The quantitative estimate of drug-likeness (QED) is 0.891. The molecule has 2 N–H and O–H groups in total. The molecular formula is C18H23NO. The van der Waals surface area contributed by atoms with Crippen LogP contribution in [0.1, 0.15) is 37.3 Å². The van der Waals surface area contributed by atoms with Gasteiger partial charge in [0.2, 0.25) is 0 Å².